The lowest BCUT2D eigenvalue weighted by Crippen LogP contribution is -2.34. The second kappa shape index (κ2) is 9.50. The summed E-state index contributed by atoms with van der Waals surface area (Å²) in [4.78, 5) is 24.3. The monoisotopic (exact) mass is 415 g/mol. The SMILES string of the molecule is COc1cc(C(=O)NCC(=O)N/N=C\c2ccc3c(c2)OCO3)cc(OC)c1OC. The number of fused-ring (bicyclic) bond motifs is 1. The highest BCUT2D eigenvalue weighted by atomic mass is 16.7. The molecule has 0 bridgehead atoms. The summed E-state index contributed by atoms with van der Waals surface area (Å²) in [5, 5.41) is 6.37. The van der Waals surface area contributed by atoms with Gasteiger partial charge in [-0.05, 0) is 35.9 Å². The number of hydrogen-bond donors (Lipinski definition) is 2. The molecule has 2 aromatic rings. The lowest BCUT2D eigenvalue weighted by Gasteiger charge is -2.14. The summed E-state index contributed by atoms with van der Waals surface area (Å²) < 4.78 is 26.2. The predicted molar refractivity (Wildman–Crippen MR) is 107 cm³/mol. The number of carbonyl (C=O) groups excluding carboxylic acids is 2. The Kier molecular flexibility index (Phi) is 6.58. The van der Waals surface area contributed by atoms with Crippen LogP contribution in [0.4, 0.5) is 0 Å². The molecule has 0 aromatic heterocycles. The van der Waals surface area contributed by atoms with Crippen LogP contribution in [0.3, 0.4) is 0 Å². The Bertz CT molecular complexity index is 950. The van der Waals surface area contributed by atoms with Gasteiger partial charge in [-0.15, -0.1) is 0 Å². The molecule has 0 saturated carbocycles. The average Bonchev–Trinajstić information content (AvgIpc) is 3.24. The van der Waals surface area contributed by atoms with Gasteiger partial charge in [0.25, 0.3) is 11.8 Å². The molecule has 1 aliphatic rings. The number of benzene rings is 2. The Hall–Kier alpha value is -3.95. The lowest BCUT2D eigenvalue weighted by molar-refractivity contribution is -0.120. The molecular formula is C20H21N3O7. The fourth-order valence-corrected chi connectivity index (χ4v) is 2.69. The molecule has 0 fully saturated rings. The maximum Gasteiger partial charge on any atom is 0.259 e. The fourth-order valence-electron chi connectivity index (χ4n) is 2.69. The van der Waals surface area contributed by atoms with E-state index in [0.29, 0.717) is 28.7 Å². The van der Waals surface area contributed by atoms with E-state index in [1.165, 1.54) is 39.7 Å². The number of rotatable bonds is 8. The first-order valence-corrected chi connectivity index (χ1v) is 8.85. The molecule has 1 heterocycles. The Morgan fingerprint density at radius 2 is 1.73 bits per heavy atom. The van der Waals surface area contributed by atoms with Crippen molar-refractivity contribution < 1.29 is 33.3 Å². The minimum atomic E-state index is -0.493. The van der Waals surface area contributed by atoms with Gasteiger partial charge in [-0.2, -0.15) is 5.10 Å². The van der Waals surface area contributed by atoms with E-state index in [9.17, 15) is 9.59 Å². The number of carbonyl (C=O) groups is 2. The predicted octanol–water partition coefficient (Wildman–Crippen LogP) is 1.32. The third-order valence-corrected chi connectivity index (χ3v) is 4.14. The average molecular weight is 415 g/mol. The topological polar surface area (TPSA) is 117 Å². The van der Waals surface area contributed by atoms with Crippen LogP contribution in [0, 0.1) is 0 Å². The summed E-state index contributed by atoms with van der Waals surface area (Å²) >= 11 is 0. The van der Waals surface area contributed by atoms with Crippen molar-refractivity contribution in [1.82, 2.24) is 10.7 Å². The first kappa shape index (κ1) is 20.8. The molecule has 3 rings (SSSR count). The van der Waals surface area contributed by atoms with Crippen LogP contribution in [0.1, 0.15) is 15.9 Å². The van der Waals surface area contributed by atoms with E-state index in [-0.39, 0.29) is 18.9 Å². The summed E-state index contributed by atoms with van der Waals surface area (Å²) in [6.45, 7) is -0.0910. The van der Waals surface area contributed by atoms with Gasteiger partial charge in [0, 0.05) is 5.56 Å². The summed E-state index contributed by atoms with van der Waals surface area (Å²) in [7, 11) is 4.36. The molecule has 2 amide bonds. The van der Waals surface area contributed by atoms with E-state index in [0.717, 1.165) is 5.56 Å². The zero-order valence-electron chi connectivity index (χ0n) is 16.7. The quantitative estimate of drug-likeness (QED) is 0.493. The Labute approximate surface area is 172 Å². The van der Waals surface area contributed by atoms with Gasteiger partial charge in [-0.1, -0.05) is 0 Å². The number of hydrogen-bond acceptors (Lipinski definition) is 8. The van der Waals surface area contributed by atoms with E-state index >= 15 is 0 Å². The van der Waals surface area contributed by atoms with Gasteiger partial charge in [0.2, 0.25) is 12.5 Å². The number of amides is 2. The Morgan fingerprint density at radius 1 is 1.03 bits per heavy atom. The van der Waals surface area contributed by atoms with Crippen molar-refractivity contribution in [3.8, 4) is 28.7 Å². The first-order valence-electron chi connectivity index (χ1n) is 8.85. The van der Waals surface area contributed by atoms with Gasteiger partial charge in [0.05, 0.1) is 34.1 Å². The van der Waals surface area contributed by atoms with Gasteiger partial charge in [0.1, 0.15) is 0 Å². The van der Waals surface area contributed by atoms with Crippen LogP contribution < -0.4 is 34.4 Å². The highest BCUT2D eigenvalue weighted by molar-refractivity contribution is 5.97. The van der Waals surface area contributed by atoms with Crippen molar-refractivity contribution in [1.29, 1.82) is 0 Å². The standard InChI is InChI=1S/C20H21N3O7/c1-26-16-7-13(8-17(27-2)19(16)28-3)20(25)21-10-18(24)23-22-9-12-4-5-14-15(6-12)30-11-29-14/h4-9H,10-11H2,1-3H3,(H,21,25)(H,23,24)/b22-9-. The van der Waals surface area contributed by atoms with Crippen molar-refractivity contribution in [2.45, 2.75) is 0 Å². The van der Waals surface area contributed by atoms with Gasteiger partial charge >= 0.3 is 0 Å². The summed E-state index contributed by atoms with van der Waals surface area (Å²) in [6, 6.07) is 8.25. The zero-order valence-corrected chi connectivity index (χ0v) is 16.7. The number of nitrogens with zero attached hydrogens (tertiary/aromatic N) is 1. The third-order valence-electron chi connectivity index (χ3n) is 4.14. The van der Waals surface area contributed by atoms with Crippen LogP contribution in [0.15, 0.2) is 35.4 Å². The van der Waals surface area contributed by atoms with Crippen LogP contribution in [-0.4, -0.2) is 52.7 Å². The minimum Gasteiger partial charge on any atom is -0.493 e. The highest BCUT2D eigenvalue weighted by Crippen LogP contribution is 2.38. The Balaban J connectivity index is 1.55. The molecule has 2 N–H and O–H groups in total. The number of nitrogens with one attached hydrogen (secondary N) is 2. The molecule has 0 aliphatic carbocycles. The largest absolute Gasteiger partial charge is 0.493 e. The summed E-state index contributed by atoms with van der Waals surface area (Å²) in [5.41, 5.74) is 3.32. The van der Waals surface area contributed by atoms with Crippen molar-refractivity contribution in [3.05, 3.63) is 41.5 Å². The molecule has 2 aromatic carbocycles. The van der Waals surface area contributed by atoms with Crippen LogP contribution in [0.2, 0.25) is 0 Å². The van der Waals surface area contributed by atoms with E-state index in [2.05, 4.69) is 15.8 Å². The number of ether oxygens (including phenoxy) is 5. The smallest absolute Gasteiger partial charge is 0.259 e. The van der Waals surface area contributed by atoms with Crippen molar-refractivity contribution >= 4 is 18.0 Å². The molecule has 0 atom stereocenters. The molecule has 0 unspecified atom stereocenters. The van der Waals surface area contributed by atoms with Crippen molar-refractivity contribution in [3.63, 3.8) is 0 Å². The van der Waals surface area contributed by atoms with Gasteiger partial charge in [0.15, 0.2) is 23.0 Å². The number of hydrazone groups is 1. The van der Waals surface area contributed by atoms with E-state index < -0.39 is 11.8 Å². The lowest BCUT2D eigenvalue weighted by atomic mass is 10.1. The van der Waals surface area contributed by atoms with Crippen molar-refractivity contribution in [2.75, 3.05) is 34.7 Å². The normalized spacial score (nSPS) is 11.8. The number of methoxy groups -OCH3 is 3. The van der Waals surface area contributed by atoms with Gasteiger partial charge < -0.3 is 29.0 Å². The molecule has 0 radical (unpaired) electrons. The first-order chi connectivity index (χ1) is 14.5. The molecule has 0 spiro atoms. The van der Waals surface area contributed by atoms with Crippen LogP contribution >= 0.6 is 0 Å². The Morgan fingerprint density at radius 3 is 2.40 bits per heavy atom. The van der Waals surface area contributed by atoms with Crippen LogP contribution in [0.25, 0.3) is 0 Å². The molecular weight excluding hydrogens is 394 g/mol. The second-order valence-electron chi connectivity index (χ2n) is 6.00. The summed E-state index contributed by atoms with van der Waals surface area (Å²) in [5.74, 6) is 1.33. The molecule has 0 saturated heterocycles. The van der Waals surface area contributed by atoms with Crippen LogP contribution in [0.5, 0.6) is 28.7 Å². The molecule has 10 heteroatoms. The highest BCUT2D eigenvalue weighted by Gasteiger charge is 2.17. The molecule has 1 aliphatic heterocycles. The minimum absolute atomic E-state index is 0.179. The van der Waals surface area contributed by atoms with E-state index in [1.54, 1.807) is 18.2 Å². The zero-order chi connectivity index (χ0) is 21.5. The van der Waals surface area contributed by atoms with Crippen LogP contribution in [-0.2, 0) is 4.79 Å². The van der Waals surface area contributed by atoms with Crippen molar-refractivity contribution in [2.24, 2.45) is 5.10 Å². The molecule has 30 heavy (non-hydrogen) atoms. The molecule has 158 valence electrons. The second-order valence-corrected chi connectivity index (χ2v) is 6.00. The van der Waals surface area contributed by atoms with Gasteiger partial charge in [-0.3, -0.25) is 9.59 Å². The van der Waals surface area contributed by atoms with E-state index in [4.69, 9.17) is 23.7 Å². The maximum absolute atomic E-state index is 12.4. The fraction of sp³-hybridized carbons (Fsp3) is 0.250. The maximum atomic E-state index is 12.4. The van der Waals surface area contributed by atoms with E-state index in [1.807, 2.05) is 0 Å². The summed E-state index contributed by atoms with van der Waals surface area (Å²) in [6.07, 6.45) is 1.46. The third kappa shape index (κ3) is 4.72. The molecule has 10 nitrogen and oxygen atoms in total. The van der Waals surface area contributed by atoms with Gasteiger partial charge in [-0.25, -0.2) is 5.43 Å².